The Morgan fingerprint density at radius 2 is 2.30 bits per heavy atom. The van der Waals surface area contributed by atoms with Crippen molar-refractivity contribution < 1.29 is 14.3 Å². The van der Waals surface area contributed by atoms with E-state index in [1.807, 2.05) is 18.7 Å². The van der Waals surface area contributed by atoms with Crippen LogP contribution in [0.4, 0.5) is 6.01 Å². The van der Waals surface area contributed by atoms with Crippen molar-refractivity contribution in [3.8, 4) is 0 Å². The van der Waals surface area contributed by atoms with Gasteiger partial charge in [-0.15, -0.1) is 5.10 Å². The monoisotopic (exact) mass is 282 g/mol. The number of anilines is 1. The van der Waals surface area contributed by atoms with Gasteiger partial charge in [-0.25, -0.2) is 0 Å². The Hall–Kier alpha value is -1.47. The molecule has 2 N–H and O–H groups in total. The number of nitrogens with one attached hydrogen (secondary N) is 1. The van der Waals surface area contributed by atoms with Crippen LogP contribution in [0.5, 0.6) is 0 Å². The second kappa shape index (κ2) is 6.81. The number of hydrogen-bond donors (Lipinski definition) is 2. The number of piperidine rings is 1. The Labute approximate surface area is 118 Å². The first-order valence-corrected chi connectivity index (χ1v) is 7.08. The molecule has 1 atom stereocenters. The summed E-state index contributed by atoms with van der Waals surface area (Å²) in [5.74, 6) is 0.449. The van der Waals surface area contributed by atoms with Crippen LogP contribution in [0.15, 0.2) is 4.42 Å². The van der Waals surface area contributed by atoms with Gasteiger partial charge in [0.1, 0.15) is 0 Å². The molecule has 7 heteroatoms. The number of aliphatic hydroxyl groups excluding tert-OH is 1. The molecule has 1 fully saturated rings. The summed E-state index contributed by atoms with van der Waals surface area (Å²) in [6, 6.07) is 0.208. The number of rotatable bonds is 5. The van der Waals surface area contributed by atoms with Crippen LogP contribution in [0.25, 0.3) is 0 Å². The second-order valence-electron chi connectivity index (χ2n) is 5.45. The number of hydrogen-bond acceptors (Lipinski definition) is 6. The zero-order valence-corrected chi connectivity index (χ0v) is 12.0. The minimum atomic E-state index is -0.190. The fourth-order valence-electron chi connectivity index (χ4n) is 2.34. The van der Waals surface area contributed by atoms with Crippen molar-refractivity contribution in [3.63, 3.8) is 0 Å². The minimum Gasteiger partial charge on any atom is -0.408 e. The van der Waals surface area contributed by atoms with Gasteiger partial charge >= 0.3 is 6.01 Å². The molecule has 2 heterocycles. The van der Waals surface area contributed by atoms with Gasteiger partial charge in [0, 0.05) is 12.0 Å². The van der Waals surface area contributed by atoms with Crippen molar-refractivity contribution in [1.82, 2.24) is 15.1 Å². The Balaban J connectivity index is 1.87. The van der Waals surface area contributed by atoms with E-state index >= 15 is 0 Å². The standard InChI is InChI=1S/C13H22N4O3/c1-9(2)12-15-16-13(20-12)14-11(19)7-17-6-4-3-5-10(17)8-18/h9-10,18H,3-8H2,1-2H3,(H,14,16,19). The van der Waals surface area contributed by atoms with E-state index in [1.165, 1.54) is 0 Å². The molecular formula is C13H22N4O3. The highest BCUT2D eigenvalue weighted by Crippen LogP contribution is 2.17. The fourth-order valence-corrected chi connectivity index (χ4v) is 2.34. The summed E-state index contributed by atoms with van der Waals surface area (Å²) in [6.07, 6.45) is 3.09. The highest BCUT2D eigenvalue weighted by atomic mass is 16.4. The van der Waals surface area contributed by atoms with Gasteiger partial charge in [0.25, 0.3) is 0 Å². The van der Waals surface area contributed by atoms with Gasteiger partial charge in [-0.1, -0.05) is 25.4 Å². The van der Waals surface area contributed by atoms with Crippen molar-refractivity contribution in [3.05, 3.63) is 5.89 Å². The third-order valence-electron chi connectivity index (χ3n) is 3.49. The molecule has 20 heavy (non-hydrogen) atoms. The second-order valence-corrected chi connectivity index (χ2v) is 5.45. The molecule has 0 aromatic carbocycles. The average molecular weight is 282 g/mol. The minimum absolute atomic E-state index is 0.0726. The summed E-state index contributed by atoms with van der Waals surface area (Å²) >= 11 is 0. The van der Waals surface area contributed by atoms with Gasteiger partial charge in [0.2, 0.25) is 11.8 Å². The Morgan fingerprint density at radius 3 is 2.95 bits per heavy atom. The predicted octanol–water partition coefficient (Wildman–Crippen LogP) is 0.978. The first kappa shape index (κ1) is 14.9. The molecule has 0 aliphatic carbocycles. The van der Waals surface area contributed by atoms with Crippen LogP contribution in [-0.4, -0.2) is 51.8 Å². The molecular weight excluding hydrogens is 260 g/mol. The number of amides is 1. The van der Waals surface area contributed by atoms with Crippen molar-refractivity contribution in [2.24, 2.45) is 0 Å². The van der Waals surface area contributed by atoms with E-state index < -0.39 is 0 Å². The van der Waals surface area contributed by atoms with E-state index in [1.54, 1.807) is 0 Å². The van der Waals surface area contributed by atoms with Crippen LogP contribution >= 0.6 is 0 Å². The summed E-state index contributed by atoms with van der Waals surface area (Å²) in [4.78, 5) is 14.0. The molecule has 0 saturated carbocycles. The highest BCUT2D eigenvalue weighted by Gasteiger charge is 2.24. The van der Waals surface area contributed by atoms with E-state index in [0.29, 0.717) is 5.89 Å². The quantitative estimate of drug-likeness (QED) is 0.836. The van der Waals surface area contributed by atoms with Gasteiger partial charge in [0.05, 0.1) is 13.2 Å². The molecule has 1 amide bonds. The zero-order chi connectivity index (χ0) is 14.5. The number of aromatic nitrogens is 2. The summed E-state index contributed by atoms with van der Waals surface area (Å²) in [5.41, 5.74) is 0. The Bertz CT molecular complexity index is 447. The topological polar surface area (TPSA) is 91.5 Å². The molecule has 1 aliphatic heterocycles. The van der Waals surface area contributed by atoms with Gasteiger partial charge in [-0.3, -0.25) is 15.0 Å². The maximum absolute atomic E-state index is 12.0. The van der Waals surface area contributed by atoms with Crippen LogP contribution < -0.4 is 5.32 Å². The van der Waals surface area contributed by atoms with Crippen molar-refractivity contribution >= 4 is 11.9 Å². The number of nitrogens with zero attached hydrogens (tertiary/aromatic N) is 3. The average Bonchev–Trinajstić information content (AvgIpc) is 2.88. The van der Waals surface area contributed by atoms with Gasteiger partial charge in [-0.05, 0) is 19.4 Å². The first-order valence-electron chi connectivity index (χ1n) is 7.08. The van der Waals surface area contributed by atoms with Gasteiger partial charge in [0.15, 0.2) is 0 Å². The summed E-state index contributed by atoms with van der Waals surface area (Å²) in [6.45, 7) is 5.05. The van der Waals surface area contributed by atoms with Crippen molar-refractivity contribution in [1.29, 1.82) is 0 Å². The summed E-state index contributed by atoms with van der Waals surface area (Å²) in [5, 5.41) is 19.6. The lowest BCUT2D eigenvalue weighted by Crippen LogP contribution is -2.45. The van der Waals surface area contributed by atoms with Gasteiger partial charge < -0.3 is 9.52 Å². The molecule has 1 aromatic heterocycles. The van der Waals surface area contributed by atoms with E-state index in [-0.39, 0.29) is 37.0 Å². The molecule has 0 radical (unpaired) electrons. The maximum Gasteiger partial charge on any atom is 0.322 e. The van der Waals surface area contributed by atoms with Crippen LogP contribution in [0.3, 0.4) is 0 Å². The lowest BCUT2D eigenvalue weighted by Gasteiger charge is -2.33. The van der Waals surface area contributed by atoms with E-state index in [4.69, 9.17) is 4.42 Å². The number of aliphatic hydroxyl groups is 1. The first-order chi connectivity index (χ1) is 9.60. The highest BCUT2D eigenvalue weighted by molar-refractivity contribution is 5.90. The van der Waals surface area contributed by atoms with Gasteiger partial charge in [-0.2, -0.15) is 0 Å². The van der Waals surface area contributed by atoms with Crippen LogP contribution in [0.1, 0.15) is 44.9 Å². The van der Waals surface area contributed by atoms with E-state index in [9.17, 15) is 9.90 Å². The number of carbonyl (C=O) groups excluding carboxylic acids is 1. The van der Waals surface area contributed by atoms with E-state index in [0.717, 1.165) is 25.8 Å². The van der Waals surface area contributed by atoms with Crippen LogP contribution in [-0.2, 0) is 4.79 Å². The normalized spacial score (nSPS) is 20.3. The summed E-state index contributed by atoms with van der Waals surface area (Å²) in [7, 11) is 0. The molecule has 0 spiro atoms. The maximum atomic E-state index is 12.0. The zero-order valence-electron chi connectivity index (χ0n) is 12.0. The molecule has 0 bridgehead atoms. The third kappa shape index (κ3) is 3.77. The predicted molar refractivity (Wildman–Crippen MR) is 73.3 cm³/mol. The molecule has 1 unspecified atom stereocenters. The molecule has 2 rings (SSSR count). The summed E-state index contributed by atoms with van der Waals surface area (Å²) < 4.78 is 5.34. The Kier molecular flexibility index (Phi) is 5.08. The third-order valence-corrected chi connectivity index (χ3v) is 3.49. The van der Waals surface area contributed by atoms with Crippen LogP contribution in [0.2, 0.25) is 0 Å². The van der Waals surface area contributed by atoms with Crippen molar-refractivity contribution in [2.75, 3.05) is 25.0 Å². The fraction of sp³-hybridized carbons (Fsp3) is 0.769. The number of carbonyl (C=O) groups is 1. The smallest absolute Gasteiger partial charge is 0.322 e. The Morgan fingerprint density at radius 1 is 1.50 bits per heavy atom. The SMILES string of the molecule is CC(C)c1nnc(NC(=O)CN2CCCCC2CO)o1. The molecule has 1 saturated heterocycles. The van der Waals surface area contributed by atoms with Crippen molar-refractivity contribution in [2.45, 2.75) is 45.1 Å². The molecule has 1 aliphatic rings. The largest absolute Gasteiger partial charge is 0.408 e. The molecule has 112 valence electrons. The molecule has 1 aromatic rings. The van der Waals surface area contributed by atoms with Crippen LogP contribution in [0, 0.1) is 0 Å². The number of likely N-dealkylation sites (tertiary alicyclic amines) is 1. The molecule has 7 nitrogen and oxygen atoms in total. The lowest BCUT2D eigenvalue weighted by molar-refractivity contribution is -0.118. The van der Waals surface area contributed by atoms with E-state index in [2.05, 4.69) is 15.5 Å². The lowest BCUT2D eigenvalue weighted by atomic mass is 10.0.